The number of rotatable bonds is 2. The molecule has 1 aliphatic carbocycles. The zero-order valence-electron chi connectivity index (χ0n) is 12.0. The summed E-state index contributed by atoms with van der Waals surface area (Å²) in [5, 5.41) is 0. The van der Waals surface area contributed by atoms with Crippen LogP contribution in [0.5, 0.6) is 0 Å². The van der Waals surface area contributed by atoms with Gasteiger partial charge >= 0.3 is 0 Å². The number of hydrogen-bond acceptors (Lipinski definition) is 1. The third kappa shape index (κ3) is 3.65. The first-order chi connectivity index (χ1) is 9.24. The minimum Gasteiger partial charge on any atom is -0.370 e. The molecule has 2 aliphatic rings. The fourth-order valence-corrected chi connectivity index (χ4v) is 2.87. The molecule has 3 rings (SSSR count). The van der Waals surface area contributed by atoms with E-state index >= 15 is 0 Å². The van der Waals surface area contributed by atoms with Gasteiger partial charge in [-0.2, -0.15) is 0 Å². The van der Waals surface area contributed by atoms with Crippen molar-refractivity contribution >= 4 is 29.9 Å². The van der Waals surface area contributed by atoms with Crippen LogP contribution < -0.4 is 5.73 Å². The molecular weight excluding hydrogens is 361 g/mol. The fraction of sp³-hybridized carbons (Fsp3) is 0.562. The number of nitrogens with zero attached hydrogens (tertiary/aromatic N) is 2. The lowest BCUT2D eigenvalue weighted by molar-refractivity contribution is 0.277. The molecule has 0 bridgehead atoms. The Morgan fingerprint density at radius 3 is 2.50 bits per heavy atom. The van der Waals surface area contributed by atoms with Crippen LogP contribution in [0.4, 0.5) is 0 Å². The van der Waals surface area contributed by atoms with E-state index in [0.717, 1.165) is 31.4 Å². The maximum absolute atomic E-state index is 6.15. The number of piperidine rings is 1. The number of guanidine groups is 1. The summed E-state index contributed by atoms with van der Waals surface area (Å²) in [6.07, 6.45) is 3.63. The minimum absolute atomic E-state index is 0. The van der Waals surface area contributed by atoms with Gasteiger partial charge in [0, 0.05) is 19.0 Å². The molecule has 1 saturated heterocycles. The van der Waals surface area contributed by atoms with Crippen molar-refractivity contribution in [2.45, 2.75) is 38.1 Å². The Labute approximate surface area is 138 Å². The Bertz CT molecular complexity index is 452. The van der Waals surface area contributed by atoms with Gasteiger partial charge in [-0.3, -0.25) is 0 Å². The van der Waals surface area contributed by atoms with Gasteiger partial charge in [-0.15, -0.1) is 24.0 Å². The highest BCUT2D eigenvalue weighted by Crippen LogP contribution is 2.43. The van der Waals surface area contributed by atoms with E-state index in [-0.39, 0.29) is 24.0 Å². The molecule has 110 valence electrons. The summed E-state index contributed by atoms with van der Waals surface area (Å²) < 4.78 is 0. The molecule has 20 heavy (non-hydrogen) atoms. The Kier molecular flexibility index (Phi) is 5.29. The highest BCUT2D eigenvalue weighted by molar-refractivity contribution is 14.0. The molecule has 0 amide bonds. The zero-order chi connectivity index (χ0) is 13.2. The van der Waals surface area contributed by atoms with E-state index in [4.69, 9.17) is 10.7 Å². The Hall–Kier alpha value is -0.780. The smallest absolute Gasteiger partial charge is 0.191 e. The summed E-state index contributed by atoms with van der Waals surface area (Å²) in [5.41, 5.74) is 7.55. The van der Waals surface area contributed by atoms with Gasteiger partial charge in [0.15, 0.2) is 5.96 Å². The molecule has 0 spiro atoms. The molecule has 1 aromatic carbocycles. The van der Waals surface area contributed by atoms with E-state index in [9.17, 15) is 0 Å². The predicted molar refractivity (Wildman–Crippen MR) is 94.6 cm³/mol. The van der Waals surface area contributed by atoms with Crippen LogP contribution in [0.1, 0.15) is 37.7 Å². The minimum atomic E-state index is 0. The first-order valence-corrected chi connectivity index (χ1v) is 7.37. The molecule has 0 radical (unpaired) electrons. The third-order valence-corrected chi connectivity index (χ3v) is 4.39. The van der Waals surface area contributed by atoms with Crippen molar-refractivity contribution in [3.8, 4) is 0 Å². The lowest BCUT2D eigenvalue weighted by Gasteiger charge is -2.31. The molecule has 2 atom stereocenters. The van der Waals surface area contributed by atoms with Gasteiger partial charge in [-0.05, 0) is 30.7 Å². The van der Waals surface area contributed by atoms with Crippen molar-refractivity contribution in [2.75, 3.05) is 13.1 Å². The van der Waals surface area contributed by atoms with Gasteiger partial charge in [0.05, 0.1) is 6.04 Å². The Morgan fingerprint density at radius 1 is 1.20 bits per heavy atom. The topological polar surface area (TPSA) is 41.6 Å². The fourth-order valence-electron chi connectivity index (χ4n) is 2.87. The molecule has 1 heterocycles. The number of aliphatic imine (C=N–C) groups is 1. The van der Waals surface area contributed by atoms with Crippen LogP contribution in [0.15, 0.2) is 35.3 Å². The van der Waals surface area contributed by atoms with Crippen LogP contribution >= 0.6 is 24.0 Å². The summed E-state index contributed by atoms with van der Waals surface area (Å²) in [6.45, 7) is 4.45. The summed E-state index contributed by atoms with van der Waals surface area (Å²) in [5.74, 6) is 2.18. The van der Waals surface area contributed by atoms with E-state index in [0.29, 0.717) is 12.0 Å². The summed E-state index contributed by atoms with van der Waals surface area (Å²) in [4.78, 5) is 6.97. The van der Waals surface area contributed by atoms with E-state index < -0.39 is 0 Å². The highest BCUT2D eigenvalue weighted by Gasteiger charge is 2.38. The SMILES string of the molecule is CC1CCN(C(N)=NC2CC2c2ccccc2)CC1.I. The molecule has 4 heteroatoms. The van der Waals surface area contributed by atoms with Crippen molar-refractivity contribution in [1.82, 2.24) is 4.90 Å². The van der Waals surface area contributed by atoms with E-state index in [1.54, 1.807) is 0 Å². The van der Waals surface area contributed by atoms with Gasteiger partial charge in [0.1, 0.15) is 0 Å². The number of likely N-dealkylation sites (tertiary alicyclic amines) is 1. The number of hydrogen-bond donors (Lipinski definition) is 1. The molecule has 2 unspecified atom stereocenters. The van der Waals surface area contributed by atoms with Crippen LogP contribution in [-0.2, 0) is 0 Å². The van der Waals surface area contributed by atoms with Gasteiger partial charge < -0.3 is 10.6 Å². The van der Waals surface area contributed by atoms with Gasteiger partial charge in [0.2, 0.25) is 0 Å². The van der Waals surface area contributed by atoms with Crippen LogP contribution in [0.3, 0.4) is 0 Å². The predicted octanol–water partition coefficient (Wildman–Crippen LogP) is 3.21. The Morgan fingerprint density at radius 2 is 1.85 bits per heavy atom. The van der Waals surface area contributed by atoms with Crippen LogP contribution in [0.25, 0.3) is 0 Å². The standard InChI is InChI=1S/C16H23N3.HI/c1-12-7-9-19(10-8-12)16(17)18-15-11-14(15)13-5-3-2-4-6-13;/h2-6,12,14-15H,7-11H2,1H3,(H2,17,18);1H. The molecule has 3 nitrogen and oxygen atoms in total. The third-order valence-electron chi connectivity index (χ3n) is 4.39. The van der Waals surface area contributed by atoms with E-state index in [1.807, 2.05) is 0 Å². The quantitative estimate of drug-likeness (QED) is 0.483. The van der Waals surface area contributed by atoms with Crippen molar-refractivity contribution in [3.05, 3.63) is 35.9 Å². The van der Waals surface area contributed by atoms with Gasteiger partial charge in [0.25, 0.3) is 0 Å². The van der Waals surface area contributed by atoms with Crippen molar-refractivity contribution < 1.29 is 0 Å². The normalized spacial score (nSPS) is 27.1. The highest BCUT2D eigenvalue weighted by atomic mass is 127. The van der Waals surface area contributed by atoms with Crippen molar-refractivity contribution in [1.29, 1.82) is 0 Å². The molecule has 1 saturated carbocycles. The second kappa shape index (κ2) is 6.78. The maximum Gasteiger partial charge on any atom is 0.191 e. The summed E-state index contributed by atoms with van der Waals surface area (Å²) in [7, 11) is 0. The number of benzene rings is 1. The summed E-state index contributed by atoms with van der Waals surface area (Å²) in [6, 6.07) is 11.1. The summed E-state index contributed by atoms with van der Waals surface area (Å²) >= 11 is 0. The van der Waals surface area contributed by atoms with Crippen molar-refractivity contribution in [2.24, 2.45) is 16.6 Å². The number of nitrogens with two attached hydrogens (primary N) is 1. The monoisotopic (exact) mass is 385 g/mol. The molecule has 2 N–H and O–H groups in total. The van der Waals surface area contributed by atoms with Gasteiger partial charge in [-0.25, -0.2) is 4.99 Å². The molecular formula is C16H24IN3. The molecule has 1 aliphatic heterocycles. The van der Waals surface area contributed by atoms with Crippen LogP contribution in [0.2, 0.25) is 0 Å². The van der Waals surface area contributed by atoms with Gasteiger partial charge in [-0.1, -0.05) is 37.3 Å². The maximum atomic E-state index is 6.15. The first kappa shape index (κ1) is 15.6. The lowest BCUT2D eigenvalue weighted by atomic mass is 10.00. The van der Waals surface area contributed by atoms with E-state index in [1.165, 1.54) is 18.4 Å². The average Bonchev–Trinajstić information content (AvgIpc) is 3.20. The second-order valence-corrected chi connectivity index (χ2v) is 5.98. The van der Waals surface area contributed by atoms with E-state index in [2.05, 4.69) is 42.2 Å². The molecule has 2 fully saturated rings. The largest absolute Gasteiger partial charge is 0.370 e. The number of halogens is 1. The Balaban J connectivity index is 0.00000147. The first-order valence-electron chi connectivity index (χ1n) is 7.37. The van der Waals surface area contributed by atoms with Crippen LogP contribution in [0, 0.1) is 5.92 Å². The average molecular weight is 385 g/mol. The lowest BCUT2D eigenvalue weighted by Crippen LogP contribution is -2.42. The second-order valence-electron chi connectivity index (χ2n) is 5.98. The molecule has 1 aromatic rings. The molecule has 0 aromatic heterocycles. The zero-order valence-corrected chi connectivity index (χ0v) is 14.4. The van der Waals surface area contributed by atoms with Crippen LogP contribution in [-0.4, -0.2) is 30.0 Å². The van der Waals surface area contributed by atoms with Crippen molar-refractivity contribution in [3.63, 3.8) is 0 Å².